The van der Waals surface area contributed by atoms with Crippen LogP contribution in [-0.4, -0.2) is 21.2 Å². The Hall–Kier alpha value is -3.74. The van der Waals surface area contributed by atoms with Crippen LogP contribution < -0.4 is 10.3 Å². The molecular weight excluding hydrogens is 402 g/mol. The molecule has 0 aliphatic heterocycles. The van der Waals surface area contributed by atoms with Crippen LogP contribution in [0, 0.1) is 28.4 Å². The van der Waals surface area contributed by atoms with Crippen molar-refractivity contribution in [3.8, 4) is 17.7 Å². The number of azo groups is 1. The average Bonchev–Trinajstić information content (AvgIpc) is 2.75. The molecule has 3 rings (SSSR count). The van der Waals surface area contributed by atoms with E-state index in [1.165, 1.54) is 29.7 Å². The second-order valence-electron chi connectivity index (χ2n) is 7.29. The van der Waals surface area contributed by atoms with Gasteiger partial charge in [0.2, 0.25) is 5.88 Å². The Bertz CT molecular complexity index is 1130. The first kappa shape index (κ1) is 22.0. The van der Waals surface area contributed by atoms with Crippen molar-refractivity contribution in [1.29, 1.82) is 5.26 Å². The molecule has 1 aliphatic carbocycles. The van der Waals surface area contributed by atoms with Crippen molar-refractivity contribution in [2.45, 2.75) is 52.0 Å². The van der Waals surface area contributed by atoms with E-state index in [1.54, 1.807) is 6.92 Å². The molecule has 1 N–H and O–H groups in total. The summed E-state index contributed by atoms with van der Waals surface area (Å²) in [6.45, 7) is 3.60. The van der Waals surface area contributed by atoms with Gasteiger partial charge in [0.05, 0.1) is 17.6 Å². The molecule has 162 valence electrons. The molecule has 1 heterocycles. The number of nitro groups is 1. The SMILES string of the molecule is CCOc1ccc(N=Nc2c(C)c(C#N)c(O)n(C3CCCCC3)c2=O)c([N+](=O)[O-])c1. The number of aromatic nitrogens is 1. The third-order valence-corrected chi connectivity index (χ3v) is 5.37. The molecule has 10 heteroatoms. The van der Waals surface area contributed by atoms with Gasteiger partial charge in [0, 0.05) is 11.6 Å². The van der Waals surface area contributed by atoms with E-state index in [1.807, 2.05) is 6.07 Å². The van der Waals surface area contributed by atoms with Gasteiger partial charge in [0.25, 0.3) is 11.2 Å². The van der Waals surface area contributed by atoms with Crippen molar-refractivity contribution < 1.29 is 14.8 Å². The van der Waals surface area contributed by atoms with E-state index >= 15 is 0 Å². The molecule has 1 aliphatic rings. The van der Waals surface area contributed by atoms with Gasteiger partial charge in [-0.25, -0.2) is 0 Å². The average molecular weight is 425 g/mol. The predicted octanol–water partition coefficient (Wildman–Crippen LogP) is 4.96. The molecule has 1 aromatic carbocycles. The summed E-state index contributed by atoms with van der Waals surface area (Å²) < 4.78 is 6.50. The number of hydrogen-bond donors (Lipinski definition) is 1. The summed E-state index contributed by atoms with van der Waals surface area (Å²) in [6.07, 6.45) is 4.31. The first-order valence-corrected chi connectivity index (χ1v) is 10.1. The monoisotopic (exact) mass is 425 g/mol. The molecule has 1 saturated carbocycles. The number of nitrogens with zero attached hydrogens (tertiary/aromatic N) is 5. The molecule has 0 atom stereocenters. The number of benzene rings is 1. The van der Waals surface area contributed by atoms with E-state index in [-0.39, 0.29) is 40.1 Å². The number of nitro benzene ring substituents is 1. The van der Waals surface area contributed by atoms with Crippen molar-refractivity contribution in [2.75, 3.05) is 6.61 Å². The zero-order valence-electron chi connectivity index (χ0n) is 17.4. The highest BCUT2D eigenvalue weighted by Crippen LogP contribution is 2.36. The topological polar surface area (TPSA) is 143 Å². The second-order valence-corrected chi connectivity index (χ2v) is 7.29. The highest BCUT2D eigenvalue weighted by atomic mass is 16.6. The fourth-order valence-electron chi connectivity index (χ4n) is 3.80. The minimum Gasteiger partial charge on any atom is -0.494 e. The van der Waals surface area contributed by atoms with Gasteiger partial charge < -0.3 is 9.84 Å². The molecular formula is C21H23N5O5. The van der Waals surface area contributed by atoms with Crippen molar-refractivity contribution >= 4 is 17.1 Å². The van der Waals surface area contributed by atoms with Crippen LogP contribution in [0.2, 0.25) is 0 Å². The summed E-state index contributed by atoms with van der Waals surface area (Å²) in [4.78, 5) is 24.0. The summed E-state index contributed by atoms with van der Waals surface area (Å²) in [5.41, 5.74) is -0.946. The quantitative estimate of drug-likeness (QED) is 0.393. The molecule has 0 saturated heterocycles. The van der Waals surface area contributed by atoms with Gasteiger partial charge in [0.1, 0.15) is 17.4 Å². The van der Waals surface area contributed by atoms with Gasteiger partial charge in [-0.2, -0.15) is 5.26 Å². The summed E-state index contributed by atoms with van der Waals surface area (Å²) in [6, 6.07) is 5.83. The largest absolute Gasteiger partial charge is 0.494 e. The van der Waals surface area contributed by atoms with Gasteiger partial charge in [-0.1, -0.05) is 19.3 Å². The lowest BCUT2D eigenvalue weighted by Crippen LogP contribution is -2.27. The van der Waals surface area contributed by atoms with Gasteiger partial charge in [-0.3, -0.25) is 19.5 Å². The standard InChI is InChI=1S/C21H23N5O5/c1-3-31-15-9-10-17(18(11-15)26(29)30)23-24-19-13(2)16(12-22)20(27)25(21(19)28)14-7-5-4-6-8-14/h9-11,14,27H,3-8H2,1-2H3. The van der Waals surface area contributed by atoms with Crippen LogP contribution in [-0.2, 0) is 0 Å². The van der Waals surface area contributed by atoms with Crippen molar-refractivity contribution in [3.05, 3.63) is 49.8 Å². The van der Waals surface area contributed by atoms with Crippen molar-refractivity contribution in [1.82, 2.24) is 4.57 Å². The van der Waals surface area contributed by atoms with Gasteiger partial charge in [-0.15, -0.1) is 10.2 Å². The van der Waals surface area contributed by atoms with Crippen molar-refractivity contribution in [3.63, 3.8) is 0 Å². The lowest BCUT2D eigenvalue weighted by Gasteiger charge is -2.25. The molecule has 0 radical (unpaired) electrons. The summed E-state index contributed by atoms with van der Waals surface area (Å²) in [7, 11) is 0. The van der Waals surface area contributed by atoms with E-state index in [2.05, 4.69) is 10.2 Å². The molecule has 10 nitrogen and oxygen atoms in total. The third-order valence-electron chi connectivity index (χ3n) is 5.37. The maximum absolute atomic E-state index is 13.1. The zero-order valence-corrected chi connectivity index (χ0v) is 17.4. The normalized spacial score (nSPS) is 14.5. The highest BCUT2D eigenvalue weighted by molar-refractivity contribution is 5.61. The first-order chi connectivity index (χ1) is 14.9. The Morgan fingerprint density at radius 3 is 2.65 bits per heavy atom. The van der Waals surface area contributed by atoms with Crippen LogP contribution in [0.15, 0.2) is 33.2 Å². The molecule has 2 aromatic rings. The molecule has 0 unspecified atom stereocenters. The van der Waals surface area contributed by atoms with Crippen LogP contribution in [0.4, 0.5) is 17.1 Å². The van der Waals surface area contributed by atoms with Crippen LogP contribution in [0.1, 0.15) is 56.2 Å². The van der Waals surface area contributed by atoms with Crippen LogP contribution in [0.25, 0.3) is 0 Å². The van der Waals surface area contributed by atoms with E-state index in [0.717, 1.165) is 19.3 Å². The van der Waals surface area contributed by atoms with Crippen LogP contribution in [0.5, 0.6) is 11.6 Å². The first-order valence-electron chi connectivity index (χ1n) is 10.1. The Balaban J connectivity index is 2.11. The minimum atomic E-state index is -0.610. The van der Waals surface area contributed by atoms with Gasteiger partial charge in [0.15, 0.2) is 11.4 Å². The molecule has 1 fully saturated rings. The second kappa shape index (κ2) is 9.38. The minimum absolute atomic E-state index is 0.0527. The van der Waals surface area contributed by atoms with Crippen molar-refractivity contribution in [2.24, 2.45) is 10.2 Å². The zero-order chi connectivity index (χ0) is 22.5. The lowest BCUT2D eigenvalue weighted by molar-refractivity contribution is -0.384. The Kier molecular flexibility index (Phi) is 6.65. The van der Waals surface area contributed by atoms with Gasteiger partial charge >= 0.3 is 0 Å². The summed E-state index contributed by atoms with van der Waals surface area (Å²) >= 11 is 0. The fraction of sp³-hybridized carbons (Fsp3) is 0.429. The summed E-state index contributed by atoms with van der Waals surface area (Å²) in [5.74, 6) is -0.0525. The maximum Gasteiger partial charge on any atom is 0.300 e. The fourth-order valence-corrected chi connectivity index (χ4v) is 3.80. The smallest absolute Gasteiger partial charge is 0.300 e. The molecule has 0 bridgehead atoms. The van der Waals surface area contributed by atoms with E-state index < -0.39 is 10.5 Å². The number of pyridine rings is 1. The lowest BCUT2D eigenvalue weighted by atomic mass is 9.94. The molecule has 31 heavy (non-hydrogen) atoms. The number of nitriles is 1. The molecule has 1 aromatic heterocycles. The van der Waals surface area contributed by atoms with Gasteiger partial charge in [-0.05, 0) is 38.8 Å². The van der Waals surface area contributed by atoms with E-state index in [9.17, 15) is 25.3 Å². The maximum atomic E-state index is 13.1. The Morgan fingerprint density at radius 2 is 2.03 bits per heavy atom. The van der Waals surface area contributed by atoms with Crippen LogP contribution >= 0.6 is 0 Å². The summed E-state index contributed by atoms with van der Waals surface area (Å²) in [5, 5.41) is 39.4. The number of hydrogen-bond acceptors (Lipinski definition) is 8. The third kappa shape index (κ3) is 4.40. The Labute approximate surface area is 178 Å². The Morgan fingerprint density at radius 1 is 1.32 bits per heavy atom. The van der Waals surface area contributed by atoms with E-state index in [4.69, 9.17) is 4.74 Å². The predicted molar refractivity (Wildman–Crippen MR) is 112 cm³/mol. The molecule has 0 amide bonds. The number of rotatable bonds is 6. The molecule has 0 spiro atoms. The number of aromatic hydroxyl groups is 1. The van der Waals surface area contributed by atoms with Crippen LogP contribution in [0.3, 0.4) is 0 Å². The van der Waals surface area contributed by atoms with E-state index in [0.29, 0.717) is 25.2 Å². The highest BCUT2D eigenvalue weighted by Gasteiger charge is 2.26. The number of ether oxygens (including phenoxy) is 1.